The fraction of sp³-hybridized carbons (Fsp3) is 0.731. The molecule has 3 aliphatic heterocycles. The van der Waals surface area contributed by atoms with Crippen molar-refractivity contribution in [1.29, 1.82) is 0 Å². The Morgan fingerprint density at radius 3 is 2.33 bits per heavy atom. The maximum absolute atomic E-state index is 14.5. The maximum atomic E-state index is 14.5. The van der Waals surface area contributed by atoms with Crippen LogP contribution in [0.2, 0.25) is 0 Å². The van der Waals surface area contributed by atoms with Gasteiger partial charge in [0.25, 0.3) is 11.7 Å². The normalized spacial score (nSPS) is 36.3. The summed E-state index contributed by atoms with van der Waals surface area (Å²) in [6, 6.07) is -1.25. The average molecular weight is 966 g/mol. The van der Waals surface area contributed by atoms with E-state index in [4.69, 9.17) is 23.7 Å². The third-order valence-corrected chi connectivity index (χ3v) is 15.2. The molecule has 17 nitrogen and oxygen atoms in total. The number of aliphatic hydroxyl groups excluding tert-OH is 1. The number of fused-ring (bicyclic) bond motifs is 3. The van der Waals surface area contributed by atoms with Crippen LogP contribution in [-0.4, -0.2) is 141 Å². The number of amides is 1. The number of ketones is 3. The summed E-state index contributed by atoms with van der Waals surface area (Å²) >= 11 is 0. The van der Waals surface area contributed by atoms with E-state index in [-0.39, 0.29) is 60.9 Å². The molecule has 15 atom stereocenters. The standard InChI is InChI=1S/C52H79N5O12/c1-31-16-12-11-13-17-32(2)43(65-8)28-39-21-19-37(7)52(64,69-39)49(61)50(62)56-23-15-14-18-41(56)51(63)68-44(34(4)26-38-20-22-40(45(27-38)66-9)57-54-30-53-55-57)29-42(58)33(3)25-36(6)47(60)48(67-10)46(59)35(5)24-31/h11-13,16-17,25,30-31,34-41,43-45,47-48,60,64H,14-15,18-24,26-29H2,1-10H3/t31-,34-,35+,36?,37-,38?,39+,40+,41+,43?,44+,45-,47-,48+,52-/m1/s1. The molecule has 5 rings (SSSR count). The molecule has 17 heteroatoms. The molecule has 1 aromatic heterocycles. The van der Waals surface area contributed by atoms with Crippen molar-refractivity contribution in [1.82, 2.24) is 25.1 Å². The van der Waals surface area contributed by atoms with Gasteiger partial charge in [-0.1, -0.05) is 71.1 Å². The average Bonchev–Trinajstić information content (AvgIpc) is 3.88. The first kappa shape index (κ1) is 55.7. The number of hydrogen-bond donors (Lipinski definition) is 2. The Hall–Kier alpha value is -4.26. The molecular formula is C52H79N5O12. The summed E-state index contributed by atoms with van der Waals surface area (Å²) in [5.41, 5.74) is 1.20. The first-order chi connectivity index (χ1) is 32.8. The van der Waals surface area contributed by atoms with E-state index < -0.39 is 77.8 Å². The molecular weight excluding hydrogens is 887 g/mol. The fourth-order valence-corrected chi connectivity index (χ4v) is 10.7. The van der Waals surface area contributed by atoms with Crippen molar-refractivity contribution in [2.45, 2.75) is 180 Å². The summed E-state index contributed by atoms with van der Waals surface area (Å²) in [6.07, 6.45) is 13.7. The third-order valence-electron chi connectivity index (χ3n) is 15.2. The summed E-state index contributed by atoms with van der Waals surface area (Å²) in [5, 5.41) is 35.7. The number of carbonyl (C=O) groups is 5. The highest BCUT2D eigenvalue weighted by Gasteiger charge is 2.53. The number of Topliss-reactive ketones (excluding diaryl/α,β-unsaturated/α-hetero) is 3. The Kier molecular flexibility index (Phi) is 20.8. The Bertz CT molecular complexity index is 2020. The van der Waals surface area contributed by atoms with Crippen LogP contribution < -0.4 is 0 Å². The second-order valence-electron chi connectivity index (χ2n) is 20.4. The van der Waals surface area contributed by atoms with E-state index in [9.17, 15) is 34.2 Å². The summed E-state index contributed by atoms with van der Waals surface area (Å²) in [5.74, 6) is -7.91. The van der Waals surface area contributed by atoms with Crippen LogP contribution in [0.25, 0.3) is 0 Å². The highest BCUT2D eigenvalue weighted by atomic mass is 16.6. The first-order valence-electron chi connectivity index (χ1n) is 25.0. The fourth-order valence-electron chi connectivity index (χ4n) is 10.7. The van der Waals surface area contributed by atoms with Gasteiger partial charge in [0, 0.05) is 58.5 Å². The lowest BCUT2D eigenvalue weighted by Gasteiger charge is -2.42. The van der Waals surface area contributed by atoms with Crippen LogP contribution in [0, 0.1) is 35.5 Å². The molecule has 384 valence electrons. The van der Waals surface area contributed by atoms with Crippen molar-refractivity contribution in [2.24, 2.45) is 35.5 Å². The number of aliphatic hydroxyl groups is 2. The lowest BCUT2D eigenvalue weighted by atomic mass is 9.78. The molecule has 0 aromatic carbocycles. The van der Waals surface area contributed by atoms with Crippen molar-refractivity contribution >= 4 is 29.2 Å². The minimum absolute atomic E-state index is 0.0195. The SMILES string of the molecule is COC1C[C@@H]2CC[C@@H](C)[C@@](O)(O2)C(=O)C(=O)N2CCCC[C@H]2C(=O)O[C@H]([C@H](C)CC2CC[C@H](n3ncnn3)[C@H](OC)C2)CC(=O)C(C)=CC(C)[C@@H](O)[C@@H](OC)C(=O)[C@@H](C)C[C@H](C)C=CC=CC=C1C. The van der Waals surface area contributed by atoms with Crippen LogP contribution in [0.1, 0.15) is 132 Å². The predicted octanol–water partition coefficient (Wildman–Crippen LogP) is 6.05. The number of nitrogens with zero attached hydrogens (tertiary/aromatic N) is 5. The topological polar surface area (TPSA) is 219 Å². The van der Waals surface area contributed by atoms with Gasteiger partial charge in [-0.15, -0.1) is 10.2 Å². The quantitative estimate of drug-likeness (QED) is 0.235. The summed E-state index contributed by atoms with van der Waals surface area (Å²) in [4.78, 5) is 73.9. The molecule has 0 radical (unpaired) electrons. The van der Waals surface area contributed by atoms with Gasteiger partial charge in [-0.05, 0) is 112 Å². The van der Waals surface area contributed by atoms with Gasteiger partial charge in [-0.25, -0.2) is 4.79 Å². The highest BCUT2D eigenvalue weighted by molar-refractivity contribution is 6.39. The van der Waals surface area contributed by atoms with Crippen molar-refractivity contribution < 1.29 is 57.9 Å². The zero-order valence-electron chi connectivity index (χ0n) is 42.5. The van der Waals surface area contributed by atoms with Gasteiger partial charge in [0.15, 0.2) is 17.9 Å². The summed E-state index contributed by atoms with van der Waals surface area (Å²) in [6.45, 7) is 12.8. The van der Waals surface area contributed by atoms with Crippen molar-refractivity contribution in [2.75, 3.05) is 27.9 Å². The van der Waals surface area contributed by atoms with Crippen LogP contribution in [0.3, 0.4) is 0 Å². The molecule has 1 aromatic rings. The molecule has 69 heavy (non-hydrogen) atoms. The number of carbonyl (C=O) groups excluding carboxylic acids is 5. The summed E-state index contributed by atoms with van der Waals surface area (Å²) < 4.78 is 29.9. The van der Waals surface area contributed by atoms with E-state index in [0.29, 0.717) is 56.9 Å². The Morgan fingerprint density at radius 1 is 0.899 bits per heavy atom. The minimum Gasteiger partial charge on any atom is -0.460 e. The van der Waals surface area contributed by atoms with E-state index in [1.165, 1.54) is 18.3 Å². The lowest BCUT2D eigenvalue weighted by molar-refractivity contribution is -0.265. The predicted molar refractivity (Wildman–Crippen MR) is 256 cm³/mol. The number of methoxy groups -OCH3 is 3. The van der Waals surface area contributed by atoms with E-state index in [2.05, 4.69) is 15.4 Å². The van der Waals surface area contributed by atoms with Crippen molar-refractivity contribution in [3.8, 4) is 0 Å². The van der Waals surface area contributed by atoms with E-state index >= 15 is 0 Å². The number of cyclic esters (lactones) is 1. The van der Waals surface area contributed by atoms with Gasteiger partial charge in [-0.2, -0.15) is 4.80 Å². The van der Waals surface area contributed by atoms with Crippen LogP contribution in [0.4, 0.5) is 0 Å². The van der Waals surface area contributed by atoms with Crippen LogP contribution in [0.5, 0.6) is 0 Å². The molecule has 0 spiro atoms. The van der Waals surface area contributed by atoms with Gasteiger partial charge in [0.05, 0.1) is 30.5 Å². The van der Waals surface area contributed by atoms with Gasteiger partial charge < -0.3 is 38.8 Å². The highest BCUT2D eigenvalue weighted by Crippen LogP contribution is 2.39. The molecule has 2 saturated heterocycles. The van der Waals surface area contributed by atoms with Crippen LogP contribution in [-0.2, 0) is 47.7 Å². The molecule has 1 aliphatic carbocycles. The van der Waals surface area contributed by atoms with E-state index in [0.717, 1.165) is 18.4 Å². The number of tetrazole rings is 1. The molecule has 2 N–H and O–H groups in total. The number of allylic oxidation sites excluding steroid dienone is 6. The number of piperidine rings is 1. The number of hydrogen-bond acceptors (Lipinski definition) is 15. The van der Waals surface area contributed by atoms with Gasteiger partial charge >= 0.3 is 5.97 Å². The molecule has 3 unspecified atom stereocenters. The lowest BCUT2D eigenvalue weighted by Crippen LogP contribution is -2.61. The van der Waals surface area contributed by atoms with E-state index in [1.807, 2.05) is 58.1 Å². The van der Waals surface area contributed by atoms with Gasteiger partial charge in [-0.3, -0.25) is 19.2 Å². The van der Waals surface area contributed by atoms with Crippen molar-refractivity contribution in [3.05, 3.63) is 53.9 Å². The summed E-state index contributed by atoms with van der Waals surface area (Å²) in [7, 11) is 4.62. The number of aromatic nitrogens is 4. The first-order valence-corrected chi connectivity index (χ1v) is 25.0. The van der Waals surface area contributed by atoms with Gasteiger partial charge in [0.1, 0.15) is 18.2 Å². The minimum atomic E-state index is -2.43. The monoisotopic (exact) mass is 966 g/mol. The van der Waals surface area contributed by atoms with Crippen molar-refractivity contribution in [3.63, 3.8) is 0 Å². The second-order valence-corrected chi connectivity index (χ2v) is 20.4. The zero-order valence-corrected chi connectivity index (χ0v) is 42.5. The number of rotatable bonds is 7. The second kappa shape index (κ2) is 25.7. The Balaban J connectivity index is 1.46. The molecule has 4 heterocycles. The third kappa shape index (κ3) is 14.2. The Morgan fingerprint density at radius 2 is 1.65 bits per heavy atom. The maximum Gasteiger partial charge on any atom is 0.329 e. The molecule has 1 amide bonds. The molecule has 2 bridgehead atoms. The Labute approximate surface area is 408 Å². The van der Waals surface area contributed by atoms with Crippen LogP contribution in [0.15, 0.2) is 53.9 Å². The number of esters is 1. The van der Waals surface area contributed by atoms with Gasteiger partial charge in [0.2, 0.25) is 5.79 Å². The molecule has 1 saturated carbocycles. The smallest absolute Gasteiger partial charge is 0.329 e. The largest absolute Gasteiger partial charge is 0.460 e. The van der Waals surface area contributed by atoms with Crippen LogP contribution >= 0.6 is 0 Å². The number of ether oxygens (including phenoxy) is 5. The zero-order chi connectivity index (χ0) is 50.6. The molecule has 4 aliphatic rings. The van der Waals surface area contributed by atoms with E-state index in [1.54, 1.807) is 45.9 Å². The molecule has 3 fully saturated rings.